The number of carbonyl (C=O) groups is 1. The first kappa shape index (κ1) is 23.9. The highest BCUT2D eigenvalue weighted by Gasteiger charge is 2.37. The number of H-pyrrole nitrogens is 1. The first-order chi connectivity index (χ1) is 16.5. The summed E-state index contributed by atoms with van der Waals surface area (Å²) in [6.45, 7) is 2.57. The molecular formula is C26H30FN3O4. The van der Waals surface area contributed by atoms with Crippen molar-refractivity contribution in [1.82, 2.24) is 15.1 Å². The van der Waals surface area contributed by atoms with E-state index in [2.05, 4.69) is 28.1 Å². The summed E-state index contributed by atoms with van der Waals surface area (Å²) in [4.78, 5) is 13.3. The minimum Gasteiger partial charge on any atom is -0.496 e. The standard InChI is InChI=1S/C26H30FN3O4/c1-16-10-21-19(7-8-23-22(21)13-28-29-23)26(30(16)14-18(12-27)15-33-2)20-6-4-17(5-9-25(31)32)11-24(20)34-3/h4-9,11,13,16,18,26H,10,12,14-15H2,1-3H3,(H,28,29)(H,31,32)/b9-5+/t16-,18?,26+/m1/s1. The highest BCUT2D eigenvalue weighted by molar-refractivity contribution is 5.85. The van der Waals surface area contributed by atoms with Gasteiger partial charge in [-0.05, 0) is 48.2 Å². The van der Waals surface area contributed by atoms with E-state index in [4.69, 9.17) is 14.6 Å². The molecule has 2 heterocycles. The van der Waals surface area contributed by atoms with Crippen LogP contribution >= 0.6 is 0 Å². The summed E-state index contributed by atoms with van der Waals surface area (Å²) >= 11 is 0. The number of alkyl halides is 1. The lowest BCUT2D eigenvalue weighted by Gasteiger charge is -2.44. The topological polar surface area (TPSA) is 87.7 Å². The molecule has 3 atom stereocenters. The Kier molecular flexibility index (Phi) is 7.29. The number of rotatable bonds is 9. The third kappa shape index (κ3) is 4.69. The first-order valence-corrected chi connectivity index (χ1v) is 11.3. The van der Waals surface area contributed by atoms with Crippen molar-refractivity contribution in [2.75, 3.05) is 34.0 Å². The van der Waals surface area contributed by atoms with Gasteiger partial charge in [0.15, 0.2) is 0 Å². The number of aromatic nitrogens is 2. The Hall–Kier alpha value is -3.23. The van der Waals surface area contributed by atoms with Crippen LogP contribution in [0.3, 0.4) is 0 Å². The van der Waals surface area contributed by atoms with E-state index in [1.807, 2.05) is 30.5 Å². The number of carboxylic acid groups (broad SMARTS) is 1. The number of aromatic amines is 1. The predicted molar refractivity (Wildman–Crippen MR) is 129 cm³/mol. The molecule has 0 fully saturated rings. The number of fused-ring (bicyclic) bond motifs is 3. The zero-order valence-electron chi connectivity index (χ0n) is 19.6. The molecule has 4 rings (SSSR count). The van der Waals surface area contributed by atoms with Crippen LogP contribution in [0.2, 0.25) is 0 Å². The SMILES string of the molecule is COCC(CF)CN1[C@H](c2ccc(/C=C/C(=O)O)cc2OC)c2ccc3[nH]ncc3c2C[C@H]1C. The van der Waals surface area contributed by atoms with Crippen molar-refractivity contribution in [1.29, 1.82) is 0 Å². The average molecular weight is 468 g/mol. The highest BCUT2D eigenvalue weighted by Crippen LogP contribution is 2.44. The van der Waals surface area contributed by atoms with Crippen LogP contribution < -0.4 is 4.74 Å². The molecule has 3 aromatic rings. The van der Waals surface area contributed by atoms with Crippen molar-refractivity contribution in [2.24, 2.45) is 5.92 Å². The molecule has 2 aromatic carbocycles. The van der Waals surface area contributed by atoms with E-state index in [1.165, 1.54) is 11.6 Å². The lowest BCUT2D eigenvalue weighted by molar-refractivity contribution is -0.131. The van der Waals surface area contributed by atoms with Gasteiger partial charge in [0.2, 0.25) is 0 Å². The van der Waals surface area contributed by atoms with Crippen molar-refractivity contribution in [3.8, 4) is 5.75 Å². The van der Waals surface area contributed by atoms with Crippen LogP contribution in [0.25, 0.3) is 17.0 Å². The zero-order valence-corrected chi connectivity index (χ0v) is 19.6. The van der Waals surface area contributed by atoms with Gasteiger partial charge in [-0.1, -0.05) is 18.2 Å². The molecule has 0 spiro atoms. The summed E-state index contributed by atoms with van der Waals surface area (Å²) in [5, 5.41) is 17.4. The van der Waals surface area contributed by atoms with Gasteiger partial charge in [-0.25, -0.2) is 4.79 Å². The largest absolute Gasteiger partial charge is 0.496 e. The number of ether oxygens (including phenoxy) is 2. The fourth-order valence-electron chi connectivity index (χ4n) is 4.96. The lowest BCUT2D eigenvalue weighted by Crippen LogP contribution is -2.46. The Morgan fingerprint density at radius 2 is 2.12 bits per heavy atom. The fraction of sp³-hybridized carbons (Fsp3) is 0.385. The summed E-state index contributed by atoms with van der Waals surface area (Å²) in [5.41, 5.74) is 5.01. The number of hydrogen-bond donors (Lipinski definition) is 2. The minimum absolute atomic E-state index is 0.139. The molecular weight excluding hydrogens is 437 g/mol. The number of aliphatic carboxylic acids is 1. The fourth-order valence-corrected chi connectivity index (χ4v) is 4.96. The van der Waals surface area contributed by atoms with Crippen LogP contribution in [0, 0.1) is 5.92 Å². The Labute approximate surface area is 198 Å². The summed E-state index contributed by atoms with van der Waals surface area (Å²) < 4.78 is 24.9. The molecule has 0 bridgehead atoms. The van der Waals surface area contributed by atoms with E-state index in [-0.39, 0.29) is 18.0 Å². The van der Waals surface area contributed by atoms with Crippen molar-refractivity contribution in [2.45, 2.75) is 25.4 Å². The summed E-state index contributed by atoms with van der Waals surface area (Å²) in [6.07, 6.45) is 5.32. The Morgan fingerprint density at radius 3 is 2.82 bits per heavy atom. The monoisotopic (exact) mass is 467 g/mol. The average Bonchev–Trinajstić information content (AvgIpc) is 3.32. The normalized spacial score (nSPS) is 19.4. The van der Waals surface area contributed by atoms with E-state index in [1.54, 1.807) is 14.2 Å². The molecule has 1 unspecified atom stereocenters. The molecule has 0 saturated carbocycles. The number of benzene rings is 2. The van der Waals surface area contributed by atoms with Gasteiger partial charge in [-0.15, -0.1) is 0 Å². The van der Waals surface area contributed by atoms with Crippen LogP contribution in [-0.2, 0) is 16.0 Å². The van der Waals surface area contributed by atoms with Crippen LogP contribution in [0.4, 0.5) is 4.39 Å². The number of carboxylic acids is 1. The second-order valence-electron chi connectivity index (χ2n) is 8.77. The second kappa shape index (κ2) is 10.4. The molecule has 180 valence electrons. The van der Waals surface area contributed by atoms with Gasteiger partial charge in [-0.3, -0.25) is 14.4 Å². The zero-order chi connectivity index (χ0) is 24.2. The molecule has 0 saturated heterocycles. The highest BCUT2D eigenvalue weighted by atomic mass is 19.1. The van der Waals surface area contributed by atoms with Gasteiger partial charge in [0.25, 0.3) is 0 Å². The van der Waals surface area contributed by atoms with E-state index in [0.29, 0.717) is 18.9 Å². The van der Waals surface area contributed by atoms with Crippen molar-refractivity contribution in [3.63, 3.8) is 0 Å². The molecule has 1 aliphatic rings. The number of halogens is 1. The number of hydrogen-bond acceptors (Lipinski definition) is 5. The maximum Gasteiger partial charge on any atom is 0.328 e. The molecule has 1 aromatic heterocycles. The summed E-state index contributed by atoms with van der Waals surface area (Å²) in [7, 11) is 3.20. The van der Waals surface area contributed by atoms with Gasteiger partial charge >= 0.3 is 5.97 Å². The van der Waals surface area contributed by atoms with Crippen LogP contribution in [0.5, 0.6) is 5.75 Å². The van der Waals surface area contributed by atoms with Gasteiger partial charge < -0.3 is 14.6 Å². The van der Waals surface area contributed by atoms with Gasteiger partial charge in [0.1, 0.15) is 5.75 Å². The van der Waals surface area contributed by atoms with Gasteiger partial charge in [0.05, 0.1) is 38.1 Å². The molecule has 34 heavy (non-hydrogen) atoms. The quantitative estimate of drug-likeness (QED) is 0.458. The Morgan fingerprint density at radius 1 is 1.32 bits per heavy atom. The summed E-state index contributed by atoms with van der Waals surface area (Å²) in [5.74, 6) is -0.611. The Bertz CT molecular complexity index is 1190. The van der Waals surface area contributed by atoms with Crippen molar-refractivity contribution >= 4 is 22.9 Å². The van der Waals surface area contributed by atoms with Crippen LogP contribution in [0.15, 0.2) is 42.6 Å². The summed E-state index contributed by atoms with van der Waals surface area (Å²) in [6, 6.07) is 9.80. The second-order valence-corrected chi connectivity index (χ2v) is 8.77. The smallest absolute Gasteiger partial charge is 0.328 e. The van der Waals surface area contributed by atoms with Crippen molar-refractivity contribution < 1.29 is 23.8 Å². The van der Waals surface area contributed by atoms with E-state index < -0.39 is 12.6 Å². The molecule has 1 aliphatic heterocycles. The van der Waals surface area contributed by atoms with Crippen LogP contribution in [-0.4, -0.2) is 66.3 Å². The number of nitrogens with zero attached hydrogens (tertiary/aromatic N) is 2. The predicted octanol–water partition coefficient (Wildman–Crippen LogP) is 4.24. The van der Waals surface area contributed by atoms with E-state index >= 15 is 0 Å². The van der Waals surface area contributed by atoms with Crippen LogP contribution in [0.1, 0.15) is 35.2 Å². The first-order valence-electron chi connectivity index (χ1n) is 11.3. The molecule has 8 heteroatoms. The molecule has 2 N–H and O–H groups in total. The molecule has 0 aliphatic carbocycles. The lowest BCUT2D eigenvalue weighted by atomic mass is 9.82. The maximum absolute atomic E-state index is 13.9. The third-order valence-corrected chi connectivity index (χ3v) is 6.52. The Balaban J connectivity index is 1.85. The van der Waals surface area contributed by atoms with Gasteiger partial charge in [0, 0.05) is 42.6 Å². The molecule has 0 radical (unpaired) electrons. The molecule has 0 amide bonds. The number of methoxy groups -OCH3 is 2. The minimum atomic E-state index is -1.01. The van der Waals surface area contributed by atoms with E-state index in [9.17, 15) is 9.18 Å². The van der Waals surface area contributed by atoms with Gasteiger partial charge in [-0.2, -0.15) is 5.10 Å². The third-order valence-electron chi connectivity index (χ3n) is 6.52. The van der Waals surface area contributed by atoms with Crippen molar-refractivity contribution in [3.05, 3.63) is 64.9 Å². The number of nitrogens with one attached hydrogen (secondary N) is 1. The maximum atomic E-state index is 13.9. The molecule has 7 nitrogen and oxygen atoms in total. The van der Waals surface area contributed by atoms with E-state index in [0.717, 1.165) is 40.1 Å².